The minimum Gasteiger partial charge on any atom is -0.295 e. The zero-order valence-electron chi connectivity index (χ0n) is 7.07. The molecule has 4 heteroatoms. The molecule has 68 valence electrons. The van der Waals surface area contributed by atoms with Gasteiger partial charge in [0.15, 0.2) is 0 Å². The standard InChI is InChI=1S/C7H14BrF2N/c1-7(2,5-8)11(3)4-6(9)10/h6H,4-5H2,1-3H3. The van der Waals surface area contributed by atoms with E-state index >= 15 is 0 Å². The molecular weight excluding hydrogens is 216 g/mol. The van der Waals surface area contributed by atoms with Crippen molar-refractivity contribution < 1.29 is 8.78 Å². The highest BCUT2D eigenvalue weighted by Gasteiger charge is 2.23. The van der Waals surface area contributed by atoms with Crippen LogP contribution in [-0.2, 0) is 0 Å². The molecule has 0 unspecified atom stereocenters. The van der Waals surface area contributed by atoms with Crippen LogP contribution in [0.4, 0.5) is 8.78 Å². The summed E-state index contributed by atoms with van der Waals surface area (Å²) in [4.78, 5) is 1.65. The number of rotatable bonds is 4. The summed E-state index contributed by atoms with van der Waals surface area (Å²) >= 11 is 3.27. The summed E-state index contributed by atoms with van der Waals surface area (Å²) in [5.41, 5.74) is -0.198. The molecule has 0 saturated carbocycles. The first-order chi connectivity index (χ1) is 4.90. The molecule has 0 fully saturated rings. The van der Waals surface area contributed by atoms with Crippen molar-refractivity contribution in [2.24, 2.45) is 0 Å². The Bertz CT molecular complexity index is 117. The summed E-state index contributed by atoms with van der Waals surface area (Å²) < 4.78 is 23.8. The van der Waals surface area contributed by atoms with E-state index < -0.39 is 6.43 Å². The highest BCUT2D eigenvalue weighted by atomic mass is 79.9. The molecule has 0 aromatic heterocycles. The third-order valence-electron chi connectivity index (χ3n) is 1.77. The summed E-state index contributed by atoms with van der Waals surface area (Å²) in [7, 11) is 1.70. The van der Waals surface area contributed by atoms with Gasteiger partial charge in [0.05, 0.1) is 6.54 Å². The number of hydrogen-bond acceptors (Lipinski definition) is 1. The van der Waals surface area contributed by atoms with E-state index in [0.29, 0.717) is 5.33 Å². The minimum absolute atomic E-state index is 0.168. The third kappa shape index (κ3) is 4.01. The van der Waals surface area contributed by atoms with E-state index in [1.165, 1.54) is 0 Å². The Labute approximate surface area is 74.9 Å². The van der Waals surface area contributed by atoms with E-state index in [2.05, 4.69) is 15.9 Å². The van der Waals surface area contributed by atoms with Crippen molar-refractivity contribution in [1.29, 1.82) is 0 Å². The van der Waals surface area contributed by atoms with Crippen molar-refractivity contribution in [1.82, 2.24) is 4.90 Å². The Kier molecular flexibility index (Phi) is 4.48. The van der Waals surface area contributed by atoms with Gasteiger partial charge in [0.1, 0.15) is 0 Å². The van der Waals surface area contributed by atoms with E-state index in [4.69, 9.17) is 0 Å². The molecule has 0 aliphatic heterocycles. The van der Waals surface area contributed by atoms with E-state index in [9.17, 15) is 8.78 Å². The first-order valence-electron chi connectivity index (χ1n) is 3.45. The molecule has 0 aliphatic rings. The molecule has 0 aromatic carbocycles. The average Bonchev–Trinajstić information content (AvgIpc) is 1.86. The molecule has 0 aromatic rings. The molecule has 0 rings (SSSR count). The average molecular weight is 230 g/mol. The first kappa shape index (κ1) is 11.3. The zero-order valence-corrected chi connectivity index (χ0v) is 8.66. The number of hydrogen-bond donors (Lipinski definition) is 0. The summed E-state index contributed by atoms with van der Waals surface area (Å²) in [6.07, 6.45) is -2.25. The van der Waals surface area contributed by atoms with Crippen LogP contribution in [-0.4, -0.2) is 35.8 Å². The van der Waals surface area contributed by atoms with Gasteiger partial charge in [-0.15, -0.1) is 0 Å². The van der Waals surface area contributed by atoms with E-state index in [-0.39, 0.29) is 12.1 Å². The Balaban J connectivity index is 3.90. The molecule has 11 heavy (non-hydrogen) atoms. The molecule has 0 atom stereocenters. The predicted octanol–water partition coefficient (Wildman–Crippen LogP) is 2.36. The van der Waals surface area contributed by atoms with Gasteiger partial charge in [0, 0.05) is 10.9 Å². The minimum atomic E-state index is -2.25. The van der Waals surface area contributed by atoms with Crippen molar-refractivity contribution in [3.05, 3.63) is 0 Å². The normalized spacial score (nSPS) is 13.1. The van der Waals surface area contributed by atoms with Gasteiger partial charge in [-0.2, -0.15) is 0 Å². The van der Waals surface area contributed by atoms with E-state index in [1.54, 1.807) is 11.9 Å². The lowest BCUT2D eigenvalue weighted by Gasteiger charge is -2.33. The number of halogens is 3. The maximum atomic E-state index is 11.9. The monoisotopic (exact) mass is 229 g/mol. The third-order valence-corrected chi connectivity index (χ3v) is 3.14. The SMILES string of the molecule is CN(CC(F)F)C(C)(C)CBr. The van der Waals surface area contributed by atoms with Gasteiger partial charge in [-0.05, 0) is 20.9 Å². The quantitative estimate of drug-likeness (QED) is 0.670. The van der Waals surface area contributed by atoms with Gasteiger partial charge in [-0.1, -0.05) is 15.9 Å². The van der Waals surface area contributed by atoms with Crippen molar-refractivity contribution >= 4 is 15.9 Å². The highest BCUT2D eigenvalue weighted by Crippen LogP contribution is 2.15. The van der Waals surface area contributed by atoms with Crippen LogP contribution >= 0.6 is 15.9 Å². The lowest BCUT2D eigenvalue weighted by atomic mass is 10.1. The van der Waals surface area contributed by atoms with Gasteiger partial charge in [0.25, 0.3) is 6.43 Å². The molecular formula is C7H14BrF2N. The van der Waals surface area contributed by atoms with Crippen LogP contribution in [0.1, 0.15) is 13.8 Å². The van der Waals surface area contributed by atoms with Crippen molar-refractivity contribution in [2.45, 2.75) is 25.8 Å². The fraction of sp³-hybridized carbons (Fsp3) is 1.00. The van der Waals surface area contributed by atoms with Gasteiger partial charge in [-0.25, -0.2) is 8.78 Å². The topological polar surface area (TPSA) is 3.24 Å². The lowest BCUT2D eigenvalue weighted by Crippen LogP contribution is -2.44. The van der Waals surface area contributed by atoms with Crippen molar-refractivity contribution in [3.63, 3.8) is 0 Å². The Morgan fingerprint density at radius 3 is 2.18 bits per heavy atom. The molecule has 0 amide bonds. The maximum absolute atomic E-state index is 11.9. The highest BCUT2D eigenvalue weighted by molar-refractivity contribution is 9.09. The van der Waals surface area contributed by atoms with Gasteiger partial charge >= 0.3 is 0 Å². The summed E-state index contributed by atoms with van der Waals surface area (Å²) in [5, 5.41) is 0.698. The van der Waals surface area contributed by atoms with Crippen LogP contribution in [0.3, 0.4) is 0 Å². The second-order valence-corrected chi connectivity index (χ2v) is 3.78. The molecule has 0 heterocycles. The fourth-order valence-corrected chi connectivity index (χ4v) is 0.984. The maximum Gasteiger partial charge on any atom is 0.251 e. The second-order valence-electron chi connectivity index (χ2n) is 3.22. The second kappa shape index (κ2) is 4.36. The summed E-state index contributed by atoms with van der Waals surface area (Å²) in [5.74, 6) is 0. The largest absolute Gasteiger partial charge is 0.295 e. The van der Waals surface area contributed by atoms with E-state index in [1.807, 2.05) is 13.8 Å². The van der Waals surface area contributed by atoms with E-state index in [0.717, 1.165) is 0 Å². The molecule has 0 N–H and O–H groups in total. The van der Waals surface area contributed by atoms with Crippen LogP contribution in [0.2, 0.25) is 0 Å². The number of alkyl halides is 3. The van der Waals surface area contributed by atoms with Crippen molar-refractivity contribution in [3.8, 4) is 0 Å². The molecule has 0 spiro atoms. The summed E-state index contributed by atoms with van der Waals surface area (Å²) in [6.45, 7) is 3.67. The Hall–Kier alpha value is 0.300. The van der Waals surface area contributed by atoms with Gasteiger partial charge in [-0.3, -0.25) is 4.90 Å². The lowest BCUT2D eigenvalue weighted by molar-refractivity contribution is 0.0613. The molecule has 0 aliphatic carbocycles. The molecule has 0 saturated heterocycles. The van der Waals surface area contributed by atoms with Crippen LogP contribution < -0.4 is 0 Å². The van der Waals surface area contributed by atoms with Gasteiger partial charge in [0.2, 0.25) is 0 Å². The van der Waals surface area contributed by atoms with Crippen LogP contribution in [0.5, 0.6) is 0 Å². The molecule has 0 radical (unpaired) electrons. The molecule has 1 nitrogen and oxygen atoms in total. The van der Waals surface area contributed by atoms with Crippen LogP contribution in [0.15, 0.2) is 0 Å². The Morgan fingerprint density at radius 2 is 1.91 bits per heavy atom. The number of nitrogens with zero attached hydrogens (tertiary/aromatic N) is 1. The van der Waals surface area contributed by atoms with Crippen LogP contribution in [0, 0.1) is 0 Å². The fourth-order valence-electron chi connectivity index (χ4n) is 0.556. The predicted molar refractivity (Wildman–Crippen MR) is 46.5 cm³/mol. The Morgan fingerprint density at radius 1 is 1.45 bits per heavy atom. The van der Waals surface area contributed by atoms with Crippen LogP contribution in [0.25, 0.3) is 0 Å². The zero-order chi connectivity index (χ0) is 9.07. The first-order valence-corrected chi connectivity index (χ1v) is 4.57. The summed E-state index contributed by atoms with van der Waals surface area (Å²) in [6, 6.07) is 0. The smallest absolute Gasteiger partial charge is 0.251 e. The van der Waals surface area contributed by atoms with Crippen molar-refractivity contribution in [2.75, 3.05) is 18.9 Å². The molecule has 0 bridgehead atoms. The van der Waals surface area contributed by atoms with Gasteiger partial charge < -0.3 is 0 Å².